The molecule has 0 bridgehead atoms. The first-order valence-electron chi connectivity index (χ1n) is 6.18. The van der Waals surface area contributed by atoms with Crippen LogP contribution in [0.25, 0.3) is 0 Å². The Kier molecular flexibility index (Phi) is 4.44. The van der Waals surface area contributed by atoms with Crippen LogP contribution in [-0.2, 0) is 6.54 Å². The van der Waals surface area contributed by atoms with Crippen molar-refractivity contribution in [3.63, 3.8) is 0 Å². The van der Waals surface area contributed by atoms with Gasteiger partial charge in [-0.1, -0.05) is 0 Å². The van der Waals surface area contributed by atoms with Crippen LogP contribution in [0.1, 0.15) is 10.4 Å². The van der Waals surface area contributed by atoms with Gasteiger partial charge in [0.1, 0.15) is 17.6 Å². The number of nitro groups is 1. The third kappa shape index (κ3) is 3.53. The molecule has 2 aromatic heterocycles. The van der Waals surface area contributed by atoms with E-state index in [-0.39, 0.29) is 11.3 Å². The zero-order chi connectivity index (χ0) is 15.2. The number of rotatable bonds is 6. The van der Waals surface area contributed by atoms with E-state index in [0.29, 0.717) is 18.9 Å². The molecule has 0 aliphatic heterocycles. The Hall–Kier alpha value is -2.97. The van der Waals surface area contributed by atoms with Gasteiger partial charge < -0.3 is 15.2 Å². The summed E-state index contributed by atoms with van der Waals surface area (Å²) in [6.45, 7) is 0.868. The van der Waals surface area contributed by atoms with Gasteiger partial charge in [-0.3, -0.25) is 14.9 Å². The summed E-state index contributed by atoms with van der Waals surface area (Å²) in [5.74, 6) is -0.124. The lowest BCUT2D eigenvalue weighted by atomic mass is 10.2. The summed E-state index contributed by atoms with van der Waals surface area (Å²) in [7, 11) is 1.62. The second kappa shape index (κ2) is 6.46. The Balaban J connectivity index is 2.08. The van der Waals surface area contributed by atoms with Gasteiger partial charge in [0.2, 0.25) is 0 Å². The molecule has 0 radical (unpaired) electrons. The third-order valence-corrected chi connectivity index (χ3v) is 2.80. The summed E-state index contributed by atoms with van der Waals surface area (Å²) >= 11 is 0. The highest BCUT2D eigenvalue weighted by Gasteiger charge is 2.21. The summed E-state index contributed by atoms with van der Waals surface area (Å²) in [4.78, 5) is 30.1. The van der Waals surface area contributed by atoms with Gasteiger partial charge >= 0.3 is 0 Å². The minimum atomic E-state index is -0.628. The topological polar surface area (TPSA) is 115 Å². The third-order valence-electron chi connectivity index (χ3n) is 2.80. The fourth-order valence-electron chi connectivity index (χ4n) is 1.72. The molecule has 1 amide bonds. The second-order valence-electron chi connectivity index (χ2n) is 4.15. The van der Waals surface area contributed by atoms with Gasteiger partial charge in [-0.15, -0.1) is 0 Å². The van der Waals surface area contributed by atoms with Gasteiger partial charge in [-0.05, 0) is 0 Å². The quantitative estimate of drug-likeness (QED) is 0.596. The normalized spacial score (nSPS) is 10.1. The number of imidazole rings is 1. The van der Waals surface area contributed by atoms with Crippen LogP contribution in [0.15, 0.2) is 31.0 Å². The molecule has 0 saturated heterocycles. The lowest BCUT2D eigenvalue weighted by Crippen LogP contribution is -2.27. The van der Waals surface area contributed by atoms with Crippen molar-refractivity contribution in [1.29, 1.82) is 0 Å². The van der Waals surface area contributed by atoms with Crippen LogP contribution < -0.4 is 10.6 Å². The van der Waals surface area contributed by atoms with Crippen molar-refractivity contribution in [2.75, 3.05) is 18.9 Å². The lowest BCUT2D eigenvalue weighted by Gasteiger charge is -2.07. The molecule has 2 N–H and O–H groups in total. The van der Waals surface area contributed by atoms with E-state index >= 15 is 0 Å². The monoisotopic (exact) mass is 290 g/mol. The van der Waals surface area contributed by atoms with E-state index in [1.165, 1.54) is 6.07 Å². The van der Waals surface area contributed by atoms with Crippen LogP contribution in [0, 0.1) is 10.1 Å². The highest BCUT2D eigenvalue weighted by molar-refractivity contribution is 5.98. The maximum absolute atomic E-state index is 12.1. The predicted octanol–water partition coefficient (Wildman–Crippen LogP) is 0.658. The van der Waals surface area contributed by atoms with Crippen molar-refractivity contribution < 1.29 is 9.72 Å². The smallest absolute Gasteiger partial charge is 0.300 e. The fraction of sp³-hybridized carbons (Fsp3) is 0.250. The second-order valence-corrected chi connectivity index (χ2v) is 4.15. The van der Waals surface area contributed by atoms with Gasteiger partial charge in [-0.2, -0.15) is 0 Å². The minimum Gasteiger partial charge on any atom is -0.373 e. The maximum atomic E-state index is 12.1. The summed E-state index contributed by atoms with van der Waals surface area (Å²) in [5, 5.41) is 16.3. The van der Waals surface area contributed by atoms with Gasteiger partial charge in [0.15, 0.2) is 0 Å². The Bertz CT molecular complexity index is 640. The summed E-state index contributed by atoms with van der Waals surface area (Å²) in [6, 6.07) is 1.35. The zero-order valence-electron chi connectivity index (χ0n) is 11.3. The number of anilines is 1. The van der Waals surface area contributed by atoms with E-state index in [1.807, 2.05) is 0 Å². The Morgan fingerprint density at radius 3 is 2.95 bits per heavy atom. The molecule has 2 aromatic rings. The molecule has 9 heteroatoms. The molecular weight excluding hydrogens is 276 g/mol. The standard InChI is InChI=1S/C12H14N6O3/c1-13-11-6-9(10(7-16-11)18(20)21)12(19)15-3-5-17-4-2-14-8-17/h2,4,6-8H,3,5H2,1H3,(H,13,16)(H,15,19). The first kappa shape index (κ1) is 14.4. The zero-order valence-corrected chi connectivity index (χ0v) is 11.3. The highest BCUT2D eigenvalue weighted by Crippen LogP contribution is 2.19. The molecule has 9 nitrogen and oxygen atoms in total. The molecule has 0 spiro atoms. The first-order valence-corrected chi connectivity index (χ1v) is 6.18. The van der Waals surface area contributed by atoms with Gasteiger partial charge in [0.25, 0.3) is 11.6 Å². The van der Waals surface area contributed by atoms with Crippen LogP contribution in [0.2, 0.25) is 0 Å². The summed E-state index contributed by atoms with van der Waals surface area (Å²) < 4.78 is 1.79. The largest absolute Gasteiger partial charge is 0.373 e. The number of carbonyl (C=O) groups is 1. The average molecular weight is 290 g/mol. The first-order chi connectivity index (χ1) is 10.1. The minimum absolute atomic E-state index is 0.0232. The number of nitrogens with one attached hydrogen (secondary N) is 2. The van der Waals surface area contributed by atoms with E-state index in [9.17, 15) is 14.9 Å². The van der Waals surface area contributed by atoms with E-state index in [4.69, 9.17) is 0 Å². The molecule has 0 aromatic carbocycles. The van der Waals surface area contributed by atoms with Crippen LogP contribution in [-0.4, -0.2) is 39.0 Å². The average Bonchev–Trinajstić information content (AvgIpc) is 2.99. The molecule has 0 aliphatic carbocycles. The Morgan fingerprint density at radius 1 is 1.52 bits per heavy atom. The Labute approximate surface area is 120 Å². The number of aromatic nitrogens is 3. The van der Waals surface area contributed by atoms with E-state index in [2.05, 4.69) is 20.6 Å². The van der Waals surface area contributed by atoms with Crippen molar-refractivity contribution in [2.24, 2.45) is 0 Å². The van der Waals surface area contributed by atoms with Gasteiger partial charge in [0.05, 0.1) is 11.3 Å². The molecule has 0 atom stereocenters. The van der Waals surface area contributed by atoms with E-state index in [0.717, 1.165) is 6.20 Å². The number of carbonyl (C=O) groups excluding carboxylic acids is 1. The molecule has 0 fully saturated rings. The lowest BCUT2D eigenvalue weighted by molar-refractivity contribution is -0.385. The molecule has 2 rings (SSSR count). The number of hydrogen-bond acceptors (Lipinski definition) is 6. The number of amides is 1. The van der Waals surface area contributed by atoms with Crippen molar-refractivity contribution in [2.45, 2.75) is 6.54 Å². The number of pyridine rings is 1. The van der Waals surface area contributed by atoms with Crippen LogP contribution in [0.5, 0.6) is 0 Å². The highest BCUT2D eigenvalue weighted by atomic mass is 16.6. The van der Waals surface area contributed by atoms with Crippen molar-refractivity contribution in [3.05, 3.63) is 46.7 Å². The van der Waals surface area contributed by atoms with Gasteiger partial charge in [0, 0.05) is 38.6 Å². The number of nitrogens with zero attached hydrogens (tertiary/aromatic N) is 4. The molecule has 2 heterocycles. The van der Waals surface area contributed by atoms with Crippen molar-refractivity contribution in [1.82, 2.24) is 19.9 Å². The number of hydrogen-bond donors (Lipinski definition) is 2. The molecular formula is C12H14N6O3. The molecule has 21 heavy (non-hydrogen) atoms. The summed E-state index contributed by atoms with van der Waals surface area (Å²) in [6.07, 6.45) is 6.09. The molecule has 0 aliphatic rings. The van der Waals surface area contributed by atoms with E-state index < -0.39 is 10.8 Å². The van der Waals surface area contributed by atoms with E-state index in [1.54, 1.807) is 30.3 Å². The van der Waals surface area contributed by atoms with Crippen LogP contribution in [0.4, 0.5) is 11.5 Å². The van der Waals surface area contributed by atoms with Crippen molar-refractivity contribution >= 4 is 17.4 Å². The van der Waals surface area contributed by atoms with Crippen LogP contribution in [0.3, 0.4) is 0 Å². The van der Waals surface area contributed by atoms with Crippen LogP contribution >= 0.6 is 0 Å². The van der Waals surface area contributed by atoms with Crippen molar-refractivity contribution in [3.8, 4) is 0 Å². The SMILES string of the molecule is CNc1cc(C(=O)NCCn2ccnc2)c([N+](=O)[O-])cn1. The fourth-order valence-corrected chi connectivity index (χ4v) is 1.72. The summed E-state index contributed by atoms with van der Waals surface area (Å²) in [5.41, 5.74) is -0.348. The molecule has 0 unspecified atom stereocenters. The van der Waals surface area contributed by atoms with Gasteiger partial charge in [-0.25, -0.2) is 9.97 Å². The maximum Gasteiger partial charge on any atom is 0.300 e. The predicted molar refractivity (Wildman–Crippen MR) is 75.0 cm³/mol. The Morgan fingerprint density at radius 2 is 2.33 bits per heavy atom. The molecule has 0 saturated carbocycles. The molecule has 110 valence electrons.